The summed E-state index contributed by atoms with van der Waals surface area (Å²) < 4.78 is 10.5. The first-order valence-corrected chi connectivity index (χ1v) is 12.0. The highest BCUT2D eigenvalue weighted by molar-refractivity contribution is 5.91. The van der Waals surface area contributed by atoms with E-state index in [4.69, 9.17) is 9.15 Å². The van der Waals surface area contributed by atoms with E-state index in [9.17, 15) is 9.59 Å². The highest BCUT2D eigenvalue weighted by Gasteiger charge is 2.33. The number of amides is 2. The van der Waals surface area contributed by atoms with Crippen LogP contribution in [0.5, 0.6) is 5.75 Å². The van der Waals surface area contributed by atoms with E-state index in [0.717, 1.165) is 42.2 Å². The average Bonchev–Trinajstić information content (AvgIpc) is 3.48. The lowest BCUT2D eigenvalue weighted by Crippen LogP contribution is -2.53. The molecule has 1 atom stereocenters. The third-order valence-electron chi connectivity index (χ3n) is 6.74. The molecular weight excluding hydrogens is 446 g/mol. The van der Waals surface area contributed by atoms with Gasteiger partial charge in [-0.3, -0.25) is 9.59 Å². The number of carbonyl (C=O) groups is 2. The zero-order valence-corrected chi connectivity index (χ0v) is 19.8. The Morgan fingerprint density at radius 3 is 2.49 bits per heavy atom. The molecule has 0 spiro atoms. The monoisotopic (exact) mass is 475 g/mol. The topological polar surface area (TPSA) is 92.0 Å². The standard InChI is InChI=1S/C26H29N5O4/c1-34-21-8-6-19(7-9-21)22-16-24(28-18-27-22)31-10-2-4-20(17-31)25(32)29-11-13-30(14-12-29)26(33)23-5-3-15-35-23/h3,5-9,15-16,18,20H,2,4,10-14,17H2,1H3. The number of piperazine rings is 1. The van der Waals surface area contributed by atoms with Gasteiger partial charge in [-0.25, -0.2) is 9.97 Å². The SMILES string of the molecule is COc1ccc(-c2cc(N3CCCC(C(=O)N4CCN(C(=O)c5ccco5)CC4)C3)ncn2)cc1. The maximum Gasteiger partial charge on any atom is 0.289 e. The highest BCUT2D eigenvalue weighted by Crippen LogP contribution is 2.27. The van der Waals surface area contributed by atoms with Gasteiger partial charge in [0, 0.05) is 50.9 Å². The summed E-state index contributed by atoms with van der Waals surface area (Å²) in [4.78, 5) is 40.6. The number of rotatable bonds is 5. The van der Waals surface area contributed by atoms with Crippen molar-refractivity contribution in [2.45, 2.75) is 12.8 Å². The van der Waals surface area contributed by atoms with Crippen LogP contribution < -0.4 is 9.64 Å². The van der Waals surface area contributed by atoms with Gasteiger partial charge in [0.2, 0.25) is 5.91 Å². The number of ether oxygens (including phenoxy) is 1. The first kappa shape index (κ1) is 22.9. The number of nitrogens with zero attached hydrogens (tertiary/aromatic N) is 5. The number of piperidine rings is 1. The lowest BCUT2D eigenvalue weighted by molar-refractivity contribution is -0.137. The van der Waals surface area contributed by atoms with Gasteiger partial charge in [0.25, 0.3) is 5.91 Å². The number of benzene rings is 1. The van der Waals surface area contributed by atoms with Crippen LogP contribution in [0.2, 0.25) is 0 Å². The van der Waals surface area contributed by atoms with Gasteiger partial charge in [-0.2, -0.15) is 0 Å². The molecule has 1 aromatic carbocycles. The van der Waals surface area contributed by atoms with Crippen LogP contribution in [-0.4, -0.2) is 78.0 Å². The number of aromatic nitrogens is 2. The van der Waals surface area contributed by atoms with Gasteiger partial charge >= 0.3 is 0 Å². The molecule has 182 valence electrons. The van der Waals surface area contributed by atoms with Crippen molar-refractivity contribution >= 4 is 17.6 Å². The van der Waals surface area contributed by atoms with Crippen molar-refractivity contribution in [1.29, 1.82) is 0 Å². The molecule has 0 bridgehead atoms. The Hall–Kier alpha value is -3.88. The third-order valence-corrected chi connectivity index (χ3v) is 6.74. The molecule has 0 radical (unpaired) electrons. The maximum absolute atomic E-state index is 13.3. The lowest BCUT2D eigenvalue weighted by atomic mass is 9.96. The summed E-state index contributed by atoms with van der Waals surface area (Å²) in [5, 5.41) is 0. The van der Waals surface area contributed by atoms with Crippen LogP contribution >= 0.6 is 0 Å². The molecule has 2 amide bonds. The van der Waals surface area contributed by atoms with E-state index in [0.29, 0.717) is 38.5 Å². The molecule has 2 saturated heterocycles. The van der Waals surface area contributed by atoms with Crippen molar-refractivity contribution in [2.24, 2.45) is 5.92 Å². The van der Waals surface area contributed by atoms with Crippen molar-refractivity contribution in [3.63, 3.8) is 0 Å². The molecular formula is C26H29N5O4. The summed E-state index contributed by atoms with van der Waals surface area (Å²) in [6.07, 6.45) is 4.86. The molecule has 1 unspecified atom stereocenters. The highest BCUT2D eigenvalue weighted by atomic mass is 16.5. The largest absolute Gasteiger partial charge is 0.497 e. The van der Waals surface area contributed by atoms with Crippen molar-refractivity contribution in [1.82, 2.24) is 19.8 Å². The smallest absolute Gasteiger partial charge is 0.289 e. The van der Waals surface area contributed by atoms with Crippen molar-refractivity contribution < 1.29 is 18.7 Å². The zero-order valence-electron chi connectivity index (χ0n) is 19.8. The summed E-state index contributed by atoms with van der Waals surface area (Å²) in [5.74, 6) is 1.91. The van der Waals surface area contributed by atoms with Crippen LogP contribution in [0.1, 0.15) is 23.4 Å². The molecule has 9 heteroatoms. The Kier molecular flexibility index (Phi) is 6.65. The van der Waals surface area contributed by atoms with Crippen LogP contribution in [0.4, 0.5) is 5.82 Å². The minimum atomic E-state index is -0.123. The molecule has 4 heterocycles. The van der Waals surface area contributed by atoms with Gasteiger partial charge < -0.3 is 23.9 Å². The normalized spacial score (nSPS) is 18.4. The van der Waals surface area contributed by atoms with Crippen LogP contribution in [-0.2, 0) is 4.79 Å². The van der Waals surface area contributed by atoms with Gasteiger partial charge in [0.15, 0.2) is 5.76 Å². The number of hydrogen-bond acceptors (Lipinski definition) is 7. The van der Waals surface area contributed by atoms with Gasteiger partial charge in [0.05, 0.1) is 25.0 Å². The van der Waals surface area contributed by atoms with Gasteiger partial charge in [-0.1, -0.05) is 0 Å². The maximum atomic E-state index is 13.3. The molecule has 2 aromatic heterocycles. The second-order valence-corrected chi connectivity index (χ2v) is 8.87. The molecule has 2 aliphatic rings. The minimum Gasteiger partial charge on any atom is -0.497 e. The minimum absolute atomic E-state index is 0.0875. The molecule has 0 aliphatic carbocycles. The Balaban J connectivity index is 1.21. The second-order valence-electron chi connectivity index (χ2n) is 8.87. The van der Waals surface area contributed by atoms with Crippen molar-refractivity contribution in [3.05, 3.63) is 60.8 Å². The molecule has 5 rings (SSSR count). The summed E-state index contributed by atoms with van der Waals surface area (Å²) in [6.45, 7) is 3.59. The molecule has 0 N–H and O–H groups in total. The van der Waals surface area contributed by atoms with Crippen LogP contribution in [0.3, 0.4) is 0 Å². The summed E-state index contributed by atoms with van der Waals surface area (Å²) >= 11 is 0. The van der Waals surface area contributed by atoms with E-state index >= 15 is 0 Å². The zero-order chi connectivity index (χ0) is 24.2. The van der Waals surface area contributed by atoms with E-state index in [1.54, 1.807) is 30.5 Å². The summed E-state index contributed by atoms with van der Waals surface area (Å²) in [6, 6.07) is 13.1. The Morgan fingerprint density at radius 2 is 1.77 bits per heavy atom. The van der Waals surface area contributed by atoms with E-state index in [-0.39, 0.29) is 17.7 Å². The third kappa shape index (κ3) is 4.99. The average molecular weight is 476 g/mol. The predicted octanol–water partition coefficient (Wildman–Crippen LogP) is 2.95. The van der Waals surface area contributed by atoms with E-state index in [1.165, 1.54) is 6.26 Å². The predicted molar refractivity (Wildman–Crippen MR) is 130 cm³/mol. The number of methoxy groups -OCH3 is 1. The Morgan fingerprint density at radius 1 is 1.00 bits per heavy atom. The Bertz CT molecular complexity index is 1160. The molecule has 9 nitrogen and oxygen atoms in total. The fraction of sp³-hybridized carbons (Fsp3) is 0.385. The number of hydrogen-bond donors (Lipinski definition) is 0. The Labute approximate surface area is 204 Å². The van der Waals surface area contributed by atoms with Gasteiger partial charge in [-0.05, 0) is 49.2 Å². The van der Waals surface area contributed by atoms with Crippen LogP contribution in [0.15, 0.2) is 59.5 Å². The number of furan rings is 1. The van der Waals surface area contributed by atoms with Crippen molar-refractivity contribution in [3.8, 4) is 17.0 Å². The first-order valence-electron chi connectivity index (χ1n) is 12.0. The van der Waals surface area contributed by atoms with Crippen molar-refractivity contribution in [2.75, 3.05) is 51.3 Å². The second kappa shape index (κ2) is 10.2. The first-order chi connectivity index (χ1) is 17.1. The molecule has 35 heavy (non-hydrogen) atoms. The van der Waals surface area contributed by atoms with Crippen LogP contribution in [0, 0.1) is 5.92 Å². The lowest BCUT2D eigenvalue weighted by Gasteiger charge is -2.39. The molecule has 3 aromatic rings. The molecule has 2 aliphatic heterocycles. The quantitative estimate of drug-likeness (QED) is 0.560. The van der Waals surface area contributed by atoms with Gasteiger partial charge in [-0.15, -0.1) is 0 Å². The number of carbonyl (C=O) groups excluding carboxylic acids is 2. The fourth-order valence-electron chi connectivity index (χ4n) is 4.77. The van der Waals surface area contributed by atoms with Gasteiger partial charge in [0.1, 0.15) is 17.9 Å². The number of anilines is 1. The van der Waals surface area contributed by atoms with E-state index < -0.39 is 0 Å². The fourth-order valence-corrected chi connectivity index (χ4v) is 4.77. The van der Waals surface area contributed by atoms with Crippen LogP contribution in [0.25, 0.3) is 11.3 Å². The summed E-state index contributed by atoms with van der Waals surface area (Å²) in [5.41, 5.74) is 1.82. The molecule has 2 fully saturated rings. The van der Waals surface area contributed by atoms with E-state index in [1.807, 2.05) is 35.2 Å². The van der Waals surface area contributed by atoms with E-state index in [2.05, 4.69) is 14.9 Å². The molecule has 0 saturated carbocycles. The summed E-state index contributed by atoms with van der Waals surface area (Å²) in [7, 11) is 1.65.